The van der Waals surface area contributed by atoms with Crippen LogP contribution in [0.25, 0.3) is 0 Å². The van der Waals surface area contributed by atoms with Crippen LogP contribution in [-0.2, 0) is 0 Å². The fraction of sp³-hybridized carbons (Fsp3) is 0.455. The third-order valence-corrected chi connectivity index (χ3v) is 1.50. The second-order valence-corrected chi connectivity index (χ2v) is 2.80. The molecule has 1 aromatic rings. The van der Waals surface area contributed by atoms with Crippen LogP contribution in [0, 0.1) is 6.92 Å². The van der Waals surface area contributed by atoms with E-state index in [2.05, 4.69) is 19.2 Å². The summed E-state index contributed by atoms with van der Waals surface area (Å²) in [4.78, 5) is 0. The first-order chi connectivity index (χ1) is 6.20. The standard InChI is InChI=1S/C7H8O.C4H11N/c1-6-3-2-4-7(8)5-6;1-3-5-4-2/h2-5,8H,1H3;5H,3-4H2,1-2H3. The number of hydrogen-bond donors (Lipinski definition) is 2. The molecule has 0 aliphatic rings. The summed E-state index contributed by atoms with van der Waals surface area (Å²) < 4.78 is 0. The van der Waals surface area contributed by atoms with E-state index in [9.17, 15) is 0 Å². The molecule has 0 saturated carbocycles. The molecule has 1 rings (SSSR count). The van der Waals surface area contributed by atoms with Gasteiger partial charge in [-0.3, -0.25) is 0 Å². The third kappa shape index (κ3) is 7.34. The van der Waals surface area contributed by atoms with Crippen LogP contribution in [0.4, 0.5) is 0 Å². The number of aromatic hydroxyl groups is 1. The van der Waals surface area contributed by atoms with Crippen LogP contribution >= 0.6 is 0 Å². The van der Waals surface area contributed by atoms with Crippen LogP contribution in [0.3, 0.4) is 0 Å². The molecule has 1 aromatic carbocycles. The summed E-state index contributed by atoms with van der Waals surface area (Å²) >= 11 is 0. The van der Waals surface area contributed by atoms with Gasteiger partial charge in [-0.15, -0.1) is 0 Å². The maximum atomic E-state index is 8.81. The maximum Gasteiger partial charge on any atom is 0.115 e. The Labute approximate surface area is 80.6 Å². The van der Waals surface area contributed by atoms with E-state index in [1.807, 2.05) is 19.1 Å². The highest BCUT2D eigenvalue weighted by Gasteiger charge is 1.83. The average Bonchev–Trinajstić information content (AvgIpc) is 2.06. The molecule has 0 amide bonds. The van der Waals surface area contributed by atoms with Crippen molar-refractivity contribution in [3.05, 3.63) is 29.8 Å². The van der Waals surface area contributed by atoms with Gasteiger partial charge in [0, 0.05) is 0 Å². The van der Waals surface area contributed by atoms with Crippen molar-refractivity contribution in [1.82, 2.24) is 5.32 Å². The molecule has 13 heavy (non-hydrogen) atoms. The van der Waals surface area contributed by atoms with Crippen molar-refractivity contribution in [1.29, 1.82) is 0 Å². The monoisotopic (exact) mass is 181 g/mol. The Balaban J connectivity index is 0.000000252. The lowest BCUT2D eigenvalue weighted by Crippen LogP contribution is -2.09. The van der Waals surface area contributed by atoms with E-state index in [0.29, 0.717) is 5.75 Å². The van der Waals surface area contributed by atoms with Crippen molar-refractivity contribution in [3.63, 3.8) is 0 Å². The van der Waals surface area contributed by atoms with Gasteiger partial charge in [-0.25, -0.2) is 0 Å². The van der Waals surface area contributed by atoms with Gasteiger partial charge in [0.2, 0.25) is 0 Å². The van der Waals surface area contributed by atoms with Crippen LogP contribution in [-0.4, -0.2) is 18.2 Å². The zero-order chi connectivity index (χ0) is 10.1. The van der Waals surface area contributed by atoms with Crippen LogP contribution in [0.2, 0.25) is 0 Å². The number of rotatable bonds is 2. The molecule has 0 heterocycles. The molecule has 0 atom stereocenters. The smallest absolute Gasteiger partial charge is 0.115 e. The first-order valence-corrected chi connectivity index (χ1v) is 4.67. The van der Waals surface area contributed by atoms with E-state index in [-0.39, 0.29) is 0 Å². The van der Waals surface area contributed by atoms with Crippen molar-refractivity contribution in [3.8, 4) is 5.75 Å². The lowest BCUT2D eigenvalue weighted by molar-refractivity contribution is 0.475. The molecule has 74 valence electrons. The minimum absolute atomic E-state index is 0.338. The molecule has 0 spiro atoms. The molecule has 0 fully saturated rings. The van der Waals surface area contributed by atoms with E-state index in [1.54, 1.807) is 12.1 Å². The number of nitrogens with one attached hydrogen (secondary N) is 1. The van der Waals surface area contributed by atoms with Crippen molar-refractivity contribution in [2.45, 2.75) is 20.8 Å². The minimum atomic E-state index is 0.338. The molecule has 0 aliphatic heterocycles. The Hall–Kier alpha value is -1.02. The summed E-state index contributed by atoms with van der Waals surface area (Å²) in [7, 11) is 0. The van der Waals surface area contributed by atoms with Gasteiger partial charge >= 0.3 is 0 Å². The third-order valence-electron chi connectivity index (χ3n) is 1.50. The highest BCUT2D eigenvalue weighted by molar-refractivity contribution is 5.25. The summed E-state index contributed by atoms with van der Waals surface area (Å²) in [5.41, 5.74) is 1.09. The quantitative estimate of drug-likeness (QED) is 0.734. The van der Waals surface area contributed by atoms with E-state index < -0.39 is 0 Å². The van der Waals surface area contributed by atoms with Crippen molar-refractivity contribution in [2.24, 2.45) is 0 Å². The fourth-order valence-electron chi connectivity index (χ4n) is 0.878. The number of benzene rings is 1. The average molecular weight is 181 g/mol. The molecule has 0 aromatic heterocycles. The summed E-state index contributed by atoms with van der Waals surface area (Å²) in [5, 5.41) is 11.9. The second kappa shape index (κ2) is 7.62. The van der Waals surface area contributed by atoms with Crippen LogP contribution in [0.5, 0.6) is 5.75 Å². The topological polar surface area (TPSA) is 32.3 Å². The lowest BCUT2D eigenvalue weighted by atomic mass is 10.2. The van der Waals surface area contributed by atoms with Gasteiger partial charge in [-0.2, -0.15) is 0 Å². The Morgan fingerprint density at radius 2 is 1.85 bits per heavy atom. The van der Waals surface area contributed by atoms with Crippen LogP contribution < -0.4 is 5.32 Å². The molecule has 2 N–H and O–H groups in total. The van der Waals surface area contributed by atoms with E-state index in [4.69, 9.17) is 5.11 Å². The van der Waals surface area contributed by atoms with Crippen molar-refractivity contribution >= 4 is 0 Å². The number of phenolic OH excluding ortho intramolecular Hbond substituents is 1. The number of aryl methyl sites for hydroxylation is 1. The van der Waals surface area contributed by atoms with E-state index in [1.165, 1.54) is 0 Å². The highest BCUT2D eigenvalue weighted by Crippen LogP contribution is 2.08. The van der Waals surface area contributed by atoms with Gasteiger partial charge in [0.05, 0.1) is 0 Å². The second-order valence-electron chi connectivity index (χ2n) is 2.80. The summed E-state index contributed by atoms with van der Waals surface area (Å²) in [6, 6.07) is 7.15. The van der Waals surface area contributed by atoms with Gasteiger partial charge in [-0.1, -0.05) is 26.0 Å². The SMILES string of the molecule is CCNCC.Cc1cccc(O)c1. The Bertz CT molecular complexity index is 204. The van der Waals surface area contributed by atoms with Gasteiger partial charge in [-0.05, 0) is 37.7 Å². The highest BCUT2D eigenvalue weighted by atomic mass is 16.3. The maximum absolute atomic E-state index is 8.81. The molecular formula is C11H19NO. The summed E-state index contributed by atoms with van der Waals surface area (Å²) in [5.74, 6) is 0.338. The fourth-order valence-corrected chi connectivity index (χ4v) is 0.878. The summed E-state index contributed by atoms with van der Waals surface area (Å²) in [6.45, 7) is 8.33. The minimum Gasteiger partial charge on any atom is -0.508 e. The zero-order valence-corrected chi connectivity index (χ0v) is 8.67. The van der Waals surface area contributed by atoms with Crippen molar-refractivity contribution in [2.75, 3.05) is 13.1 Å². The lowest BCUT2D eigenvalue weighted by Gasteiger charge is -1.89. The Morgan fingerprint density at radius 1 is 1.23 bits per heavy atom. The molecule has 0 saturated heterocycles. The molecule has 0 unspecified atom stereocenters. The molecule has 2 heteroatoms. The molecule has 0 radical (unpaired) electrons. The van der Waals surface area contributed by atoms with Crippen molar-refractivity contribution < 1.29 is 5.11 Å². The molecule has 0 aliphatic carbocycles. The first-order valence-electron chi connectivity index (χ1n) is 4.67. The van der Waals surface area contributed by atoms with Crippen LogP contribution in [0.1, 0.15) is 19.4 Å². The predicted molar refractivity (Wildman–Crippen MR) is 57.1 cm³/mol. The van der Waals surface area contributed by atoms with Gasteiger partial charge in [0.15, 0.2) is 0 Å². The predicted octanol–water partition coefficient (Wildman–Crippen LogP) is 2.32. The first kappa shape index (κ1) is 12.0. The molecular weight excluding hydrogens is 162 g/mol. The molecule has 0 bridgehead atoms. The van der Waals surface area contributed by atoms with Gasteiger partial charge < -0.3 is 10.4 Å². The van der Waals surface area contributed by atoms with E-state index in [0.717, 1.165) is 18.7 Å². The number of hydrogen-bond acceptors (Lipinski definition) is 2. The Morgan fingerprint density at radius 3 is 2.08 bits per heavy atom. The normalized spacial score (nSPS) is 8.85. The molecule has 2 nitrogen and oxygen atoms in total. The van der Waals surface area contributed by atoms with Gasteiger partial charge in [0.25, 0.3) is 0 Å². The number of phenols is 1. The largest absolute Gasteiger partial charge is 0.508 e. The van der Waals surface area contributed by atoms with Gasteiger partial charge in [0.1, 0.15) is 5.75 Å². The zero-order valence-electron chi connectivity index (χ0n) is 8.67. The van der Waals surface area contributed by atoms with Crippen LogP contribution in [0.15, 0.2) is 24.3 Å². The van der Waals surface area contributed by atoms with E-state index >= 15 is 0 Å². The Kier molecular flexibility index (Phi) is 7.02. The summed E-state index contributed by atoms with van der Waals surface area (Å²) in [6.07, 6.45) is 0.